The van der Waals surface area contributed by atoms with Gasteiger partial charge in [-0.25, -0.2) is 4.79 Å². The van der Waals surface area contributed by atoms with E-state index in [9.17, 15) is 23.5 Å². The molecule has 1 aromatic carbocycles. The van der Waals surface area contributed by atoms with Gasteiger partial charge >= 0.3 is 11.9 Å². The number of carbonyl (C=O) groups is 2. The lowest BCUT2D eigenvalue weighted by Crippen LogP contribution is -2.37. The van der Waals surface area contributed by atoms with Crippen LogP contribution in [0.3, 0.4) is 0 Å². The van der Waals surface area contributed by atoms with Crippen LogP contribution in [0, 0.1) is 5.92 Å². The molecule has 2 aromatic rings. The summed E-state index contributed by atoms with van der Waals surface area (Å²) in [4.78, 5) is 25.6. The smallest absolute Gasteiger partial charge is 0.345 e. The Labute approximate surface area is 203 Å². The second-order valence-electron chi connectivity index (χ2n) is 9.24. The van der Waals surface area contributed by atoms with Crippen LogP contribution in [-0.2, 0) is 17.6 Å². The van der Waals surface area contributed by atoms with Crippen LogP contribution in [0.5, 0.6) is 0 Å². The van der Waals surface area contributed by atoms with Crippen LogP contribution in [0.2, 0.25) is 0 Å². The average Bonchev–Trinajstić information content (AvgIpc) is 3.36. The van der Waals surface area contributed by atoms with Crippen molar-refractivity contribution in [1.82, 2.24) is 4.90 Å². The van der Waals surface area contributed by atoms with Crippen LogP contribution >= 0.6 is 11.3 Å². The number of aryl methyl sites for hydroxylation is 2. The molecule has 5 nitrogen and oxygen atoms in total. The second kappa shape index (κ2) is 11.9. The first-order chi connectivity index (χ1) is 16.2. The van der Waals surface area contributed by atoms with Crippen molar-refractivity contribution < 1.29 is 28.6 Å². The number of hydrogen-bond acceptors (Lipinski definition) is 4. The number of thiophene rings is 1. The summed E-state index contributed by atoms with van der Waals surface area (Å²) in [6, 6.07) is 12.8. The molecule has 1 aliphatic rings. The van der Waals surface area contributed by atoms with Gasteiger partial charge in [-0.2, -0.15) is 8.78 Å². The molecule has 3 rings (SSSR count). The molecule has 186 valence electrons. The highest BCUT2D eigenvalue weighted by Crippen LogP contribution is 2.36. The van der Waals surface area contributed by atoms with Gasteiger partial charge in [0.2, 0.25) is 0 Å². The molecule has 0 bridgehead atoms. The average molecular weight is 494 g/mol. The molecule has 1 fully saturated rings. The molecule has 3 atom stereocenters. The molecular formula is C26H33F2NO4S. The number of nitrogens with zero attached hydrogens (tertiary/aromatic N) is 1. The van der Waals surface area contributed by atoms with Gasteiger partial charge in [0.25, 0.3) is 5.91 Å². The standard InChI is InChI=1S/C26H33F2NO4S/c1-18(7-5-10-19-8-3-2-4-9-19)22(30)14-12-20-17-26(27,28)25(33)29(20)16-6-11-21-13-15-23(34-21)24(31)32/h2-4,8-9,13,15,18,20,22,30H,5-7,10-12,14,16-17H2,1H3,(H,31,32)/t18-,20+,22-/m1/s1. The number of likely N-dealkylation sites (tertiary alicyclic amines) is 1. The monoisotopic (exact) mass is 493 g/mol. The van der Waals surface area contributed by atoms with Crippen LogP contribution in [-0.4, -0.2) is 51.6 Å². The number of carboxylic acids is 1. The molecule has 0 aliphatic carbocycles. The largest absolute Gasteiger partial charge is 0.477 e. The number of aliphatic hydroxyl groups excluding tert-OH is 1. The Kier molecular flexibility index (Phi) is 9.19. The molecule has 0 saturated carbocycles. The Balaban J connectivity index is 1.45. The number of rotatable bonds is 13. The Morgan fingerprint density at radius 3 is 2.56 bits per heavy atom. The normalized spacial score (nSPS) is 19.4. The maximum atomic E-state index is 14.2. The van der Waals surface area contributed by atoms with E-state index in [4.69, 9.17) is 5.11 Å². The number of benzene rings is 1. The Morgan fingerprint density at radius 2 is 1.88 bits per heavy atom. The molecule has 8 heteroatoms. The minimum Gasteiger partial charge on any atom is -0.477 e. The van der Waals surface area contributed by atoms with Gasteiger partial charge in [-0.15, -0.1) is 11.3 Å². The van der Waals surface area contributed by atoms with E-state index >= 15 is 0 Å². The molecule has 1 amide bonds. The zero-order chi connectivity index (χ0) is 24.7. The van der Waals surface area contributed by atoms with Crippen LogP contribution < -0.4 is 0 Å². The number of halogens is 2. The maximum Gasteiger partial charge on any atom is 0.345 e. The fraction of sp³-hybridized carbons (Fsp3) is 0.538. The number of carbonyl (C=O) groups excluding carboxylic acids is 1. The van der Waals surface area contributed by atoms with Gasteiger partial charge < -0.3 is 15.1 Å². The predicted octanol–water partition coefficient (Wildman–Crippen LogP) is 5.42. The van der Waals surface area contributed by atoms with E-state index < -0.39 is 36.4 Å². The lowest BCUT2D eigenvalue weighted by molar-refractivity contribution is -0.148. The minimum atomic E-state index is -3.36. The van der Waals surface area contributed by atoms with Gasteiger partial charge in [0, 0.05) is 23.9 Å². The van der Waals surface area contributed by atoms with Crippen molar-refractivity contribution in [3.8, 4) is 0 Å². The fourth-order valence-electron chi connectivity index (χ4n) is 4.58. The van der Waals surface area contributed by atoms with Gasteiger partial charge in [0.1, 0.15) is 4.88 Å². The summed E-state index contributed by atoms with van der Waals surface area (Å²) in [6.07, 6.45) is 3.35. The quantitative estimate of drug-likeness (QED) is 0.391. The van der Waals surface area contributed by atoms with Gasteiger partial charge in [0.05, 0.1) is 6.10 Å². The molecule has 0 unspecified atom stereocenters. The van der Waals surface area contributed by atoms with E-state index in [0.717, 1.165) is 35.5 Å². The second-order valence-corrected chi connectivity index (χ2v) is 10.4. The summed E-state index contributed by atoms with van der Waals surface area (Å²) in [5, 5.41) is 19.6. The van der Waals surface area contributed by atoms with E-state index in [0.29, 0.717) is 25.7 Å². The van der Waals surface area contributed by atoms with Crippen molar-refractivity contribution in [3.05, 3.63) is 57.8 Å². The summed E-state index contributed by atoms with van der Waals surface area (Å²) in [6.45, 7) is 2.18. The number of aromatic carboxylic acids is 1. The number of carboxylic acid groups (broad SMARTS) is 1. The van der Waals surface area contributed by atoms with Gasteiger partial charge in [-0.05, 0) is 68.6 Å². The third-order valence-electron chi connectivity index (χ3n) is 6.62. The van der Waals surface area contributed by atoms with E-state index in [1.54, 1.807) is 6.07 Å². The predicted molar refractivity (Wildman–Crippen MR) is 128 cm³/mol. The van der Waals surface area contributed by atoms with Crippen molar-refractivity contribution >= 4 is 23.2 Å². The highest BCUT2D eigenvalue weighted by molar-refractivity contribution is 7.13. The first-order valence-electron chi connectivity index (χ1n) is 11.9. The summed E-state index contributed by atoms with van der Waals surface area (Å²) < 4.78 is 28.3. The molecule has 1 saturated heterocycles. The molecule has 34 heavy (non-hydrogen) atoms. The van der Waals surface area contributed by atoms with E-state index in [1.807, 2.05) is 25.1 Å². The van der Waals surface area contributed by atoms with Crippen LogP contribution in [0.4, 0.5) is 8.78 Å². The van der Waals surface area contributed by atoms with Crippen LogP contribution in [0.15, 0.2) is 42.5 Å². The molecule has 2 heterocycles. The van der Waals surface area contributed by atoms with Crippen LogP contribution in [0.1, 0.15) is 65.6 Å². The minimum absolute atomic E-state index is 0.0528. The van der Waals surface area contributed by atoms with Crippen LogP contribution in [0.25, 0.3) is 0 Å². The Bertz CT molecular complexity index is 949. The summed E-state index contributed by atoms with van der Waals surface area (Å²) in [5.74, 6) is -5.44. The van der Waals surface area contributed by atoms with Gasteiger partial charge in [0.15, 0.2) is 0 Å². The summed E-state index contributed by atoms with van der Waals surface area (Å²) in [5.41, 5.74) is 1.26. The van der Waals surface area contributed by atoms with Crippen molar-refractivity contribution in [2.24, 2.45) is 5.92 Å². The third-order valence-corrected chi connectivity index (χ3v) is 7.75. The van der Waals surface area contributed by atoms with Crippen molar-refractivity contribution in [2.75, 3.05) is 6.54 Å². The van der Waals surface area contributed by atoms with Crippen molar-refractivity contribution in [2.45, 2.75) is 76.4 Å². The number of alkyl halides is 2. The Hall–Kier alpha value is -2.32. The van der Waals surface area contributed by atoms with E-state index in [-0.39, 0.29) is 17.3 Å². The molecule has 0 radical (unpaired) electrons. The molecule has 2 N–H and O–H groups in total. The highest BCUT2D eigenvalue weighted by Gasteiger charge is 2.52. The summed E-state index contributed by atoms with van der Waals surface area (Å²) >= 11 is 1.16. The van der Waals surface area contributed by atoms with Gasteiger partial charge in [-0.1, -0.05) is 37.3 Å². The third kappa shape index (κ3) is 7.09. The van der Waals surface area contributed by atoms with Crippen molar-refractivity contribution in [1.29, 1.82) is 0 Å². The number of aliphatic hydroxyl groups is 1. The van der Waals surface area contributed by atoms with Gasteiger partial charge in [-0.3, -0.25) is 4.79 Å². The molecular weight excluding hydrogens is 460 g/mol. The first kappa shape index (κ1) is 26.3. The lowest BCUT2D eigenvalue weighted by atomic mass is 9.92. The topological polar surface area (TPSA) is 77.8 Å². The van der Waals surface area contributed by atoms with E-state index in [1.165, 1.54) is 16.5 Å². The van der Waals surface area contributed by atoms with Crippen molar-refractivity contribution in [3.63, 3.8) is 0 Å². The van der Waals surface area contributed by atoms with E-state index in [2.05, 4.69) is 12.1 Å². The summed E-state index contributed by atoms with van der Waals surface area (Å²) in [7, 11) is 0. The maximum absolute atomic E-state index is 14.2. The zero-order valence-corrected chi connectivity index (χ0v) is 20.3. The Morgan fingerprint density at radius 1 is 1.15 bits per heavy atom. The first-order valence-corrected chi connectivity index (χ1v) is 12.7. The molecule has 1 aliphatic heterocycles. The zero-order valence-electron chi connectivity index (χ0n) is 19.5. The number of amides is 1. The molecule has 0 spiro atoms. The lowest BCUT2D eigenvalue weighted by Gasteiger charge is -2.26. The SMILES string of the molecule is C[C@H](CCCc1ccccc1)[C@H](O)CC[C@H]1CC(F)(F)C(=O)N1CCCc1ccc(C(=O)O)s1. The highest BCUT2D eigenvalue weighted by atomic mass is 32.1. The fourth-order valence-corrected chi connectivity index (χ4v) is 5.46. The molecule has 1 aromatic heterocycles. The number of hydrogen-bond donors (Lipinski definition) is 2.